The lowest BCUT2D eigenvalue weighted by molar-refractivity contribution is 0.0956. The Labute approximate surface area is 258 Å². The van der Waals surface area contributed by atoms with Crippen molar-refractivity contribution in [2.45, 2.75) is 83.8 Å². The molecule has 2 N–H and O–H groups in total. The van der Waals surface area contributed by atoms with Crippen LogP contribution in [-0.2, 0) is 23.0 Å². The molecule has 2 unspecified atom stereocenters. The normalized spacial score (nSPS) is 23.6. The maximum Gasteiger partial charge on any atom is 0.323 e. The lowest BCUT2D eigenvalue weighted by Gasteiger charge is -2.39. The van der Waals surface area contributed by atoms with E-state index in [0.29, 0.717) is 36.1 Å². The number of benzene rings is 1. The van der Waals surface area contributed by atoms with Gasteiger partial charge in [0, 0.05) is 56.3 Å². The number of imide groups is 1. The summed E-state index contributed by atoms with van der Waals surface area (Å²) in [6.45, 7) is 12.7. The van der Waals surface area contributed by atoms with Crippen LogP contribution in [0.5, 0.6) is 0 Å². The van der Waals surface area contributed by atoms with Crippen LogP contribution in [0.2, 0.25) is 0 Å². The first-order valence-corrected chi connectivity index (χ1v) is 17.1. The van der Waals surface area contributed by atoms with E-state index in [-0.39, 0.29) is 27.3 Å². The van der Waals surface area contributed by atoms with Crippen LogP contribution in [0.4, 0.5) is 9.80 Å². The number of nitrogens with zero attached hydrogens (tertiary/aromatic N) is 3. The fourth-order valence-corrected chi connectivity index (χ4v) is 10.3. The van der Waals surface area contributed by atoms with Crippen LogP contribution in [0, 0.1) is 10.8 Å². The van der Waals surface area contributed by atoms with Gasteiger partial charge in [-0.15, -0.1) is 11.3 Å². The van der Waals surface area contributed by atoms with E-state index in [9.17, 15) is 22.8 Å². The summed E-state index contributed by atoms with van der Waals surface area (Å²) < 4.78 is 29.0. The zero-order chi connectivity index (χ0) is 31.5. The summed E-state index contributed by atoms with van der Waals surface area (Å²) in [5.41, 5.74) is 1.48. The van der Waals surface area contributed by atoms with Crippen molar-refractivity contribution in [3.8, 4) is 0 Å². The average molecular weight is 630 g/mol. The van der Waals surface area contributed by atoms with Gasteiger partial charge in [0.15, 0.2) is 0 Å². The fourth-order valence-electron chi connectivity index (χ4n) is 7.24. The van der Waals surface area contributed by atoms with Crippen molar-refractivity contribution in [3.63, 3.8) is 0 Å². The summed E-state index contributed by atoms with van der Waals surface area (Å²) >= 11 is 1.34. The third kappa shape index (κ3) is 6.25. The molecule has 3 heterocycles. The number of nitrogens with one attached hydrogen (secondary N) is 2. The number of amides is 4. The number of carbonyl (C=O) groups excluding carboxylic acids is 3. The molecule has 4 amide bonds. The van der Waals surface area contributed by atoms with Gasteiger partial charge in [0.1, 0.15) is 5.00 Å². The molecular formula is C31H43N5O5S2. The van der Waals surface area contributed by atoms with Gasteiger partial charge in [-0.3, -0.25) is 19.8 Å². The smallest absolute Gasteiger partial charge is 0.323 e. The molecule has 12 heteroatoms. The first-order chi connectivity index (χ1) is 20.0. The monoisotopic (exact) mass is 629 g/mol. The second kappa shape index (κ2) is 11.3. The van der Waals surface area contributed by atoms with Crippen molar-refractivity contribution < 1.29 is 22.8 Å². The van der Waals surface area contributed by atoms with Gasteiger partial charge in [0.05, 0.1) is 10.5 Å². The summed E-state index contributed by atoms with van der Waals surface area (Å²) in [5, 5.41) is 5.67. The SMILES string of the molecule is CC(C)N1CCc2c(sc(NC(=O)c3ccc(S(=O)(=O)N4CC5(C)CC4CC(C)(C)C5)cc3)c2C(=O)NC(=O)N(C)C)C1. The first kappa shape index (κ1) is 31.6. The van der Waals surface area contributed by atoms with Gasteiger partial charge in [0.25, 0.3) is 11.8 Å². The quantitative estimate of drug-likeness (QED) is 0.476. The summed E-state index contributed by atoms with van der Waals surface area (Å²) in [6, 6.07) is 5.76. The Kier molecular flexibility index (Phi) is 8.30. The van der Waals surface area contributed by atoms with Crippen LogP contribution in [0.25, 0.3) is 0 Å². The molecule has 1 aliphatic carbocycles. The number of sulfonamides is 1. The second-order valence-electron chi connectivity index (χ2n) is 13.9. The van der Waals surface area contributed by atoms with Gasteiger partial charge in [-0.05, 0) is 80.2 Å². The Morgan fingerprint density at radius 2 is 1.72 bits per heavy atom. The number of hydrogen-bond acceptors (Lipinski definition) is 7. The number of hydrogen-bond donors (Lipinski definition) is 2. The molecule has 43 heavy (non-hydrogen) atoms. The van der Waals surface area contributed by atoms with Crippen molar-refractivity contribution in [2.24, 2.45) is 10.8 Å². The molecule has 2 fully saturated rings. The largest absolute Gasteiger partial charge is 0.331 e. The lowest BCUT2D eigenvalue weighted by Crippen LogP contribution is -2.40. The number of thiophene rings is 1. The molecule has 1 aromatic heterocycles. The minimum absolute atomic E-state index is 0.0258. The van der Waals surface area contributed by atoms with Crippen LogP contribution >= 0.6 is 11.3 Å². The van der Waals surface area contributed by atoms with E-state index in [1.165, 1.54) is 40.5 Å². The molecule has 5 rings (SSSR count). The van der Waals surface area contributed by atoms with Crippen molar-refractivity contribution in [2.75, 3.05) is 32.5 Å². The van der Waals surface area contributed by atoms with Crippen LogP contribution < -0.4 is 10.6 Å². The lowest BCUT2D eigenvalue weighted by atomic mass is 9.65. The summed E-state index contributed by atoms with van der Waals surface area (Å²) in [5.74, 6) is -1.01. The Morgan fingerprint density at radius 3 is 2.35 bits per heavy atom. The molecule has 2 bridgehead atoms. The zero-order valence-electron chi connectivity index (χ0n) is 26.1. The molecule has 234 valence electrons. The fraction of sp³-hybridized carbons (Fsp3) is 0.581. The highest BCUT2D eigenvalue weighted by Crippen LogP contribution is 2.53. The second-order valence-corrected chi connectivity index (χ2v) is 16.9. The molecule has 2 atom stereocenters. The Balaban J connectivity index is 1.37. The van der Waals surface area contributed by atoms with Gasteiger partial charge in [0.2, 0.25) is 10.0 Å². The van der Waals surface area contributed by atoms with E-state index in [1.54, 1.807) is 18.4 Å². The van der Waals surface area contributed by atoms with E-state index in [2.05, 4.69) is 50.2 Å². The van der Waals surface area contributed by atoms with Crippen LogP contribution in [0.15, 0.2) is 29.2 Å². The maximum atomic E-state index is 13.7. The molecule has 3 aliphatic rings. The van der Waals surface area contributed by atoms with Gasteiger partial charge in [-0.1, -0.05) is 20.8 Å². The Bertz CT molecular complexity index is 1550. The van der Waals surface area contributed by atoms with Crippen LogP contribution in [0.3, 0.4) is 0 Å². The van der Waals surface area contributed by atoms with Gasteiger partial charge < -0.3 is 10.2 Å². The molecule has 0 radical (unpaired) electrons. The topological polar surface area (TPSA) is 119 Å². The molecule has 2 aliphatic heterocycles. The summed E-state index contributed by atoms with van der Waals surface area (Å²) in [7, 11) is -0.621. The number of carbonyl (C=O) groups is 3. The third-order valence-electron chi connectivity index (χ3n) is 8.99. The van der Waals surface area contributed by atoms with Gasteiger partial charge >= 0.3 is 6.03 Å². The predicted octanol–water partition coefficient (Wildman–Crippen LogP) is 4.77. The standard InChI is InChI=1S/C31H43N5O5S2/c1-19(2)35-13-12-23-24(16-35)42-28(25(23)27(38)33-29(39)34(6)7)32-26(37)20-8-10-22(11-9-20)43(40,41)36-18-31(5)15-21(36)14-30(3,4)17-31/h8-11,19,21H,12-18H2,1-7H3,(H,32,37)(H,33,38,39). The van der Waals surface area contributed by atoms with Gasteiger partial charge in [-0.2, -0.15) is 4.31 Å². The molecule has 1 saturated heterocycles. The predicted molar refractivity (Wildman–Crippen MR) is 168 cm³/mol. The summed E-state index contributed by atoms with van der Waals surface area (Å²) in [6.07, 6.45) is 3.32. The van der Waals surface area contributed by atoms with E-state index >= 15 is 0 Å². The molecular weight excluding hydrogens is 587 g/mol. The van der Waals surface area contributed by atoms with E-state index < -0.39 is 27.9 Å². The molecule has 2 aromatic rings. The third-order valence-corrected chi connectivity index (χ3v) is 12.0. The van der Waals surface area contributed by atoms with Crippen molar-refractivity contribution in [1.82, 2.24) is 19.4 Å². The average Bonchev–Trinajstić information content (AvgIpc) is 3.40. The molecule has 0 spiro atoms. The minimum atomic E-state index is -3.72. The highest BCUT2D eigenvalue weighted by atomic mass is 32.2. The maximum absolute atomic E-state index is 13.7. The van der Waals surface area contributed by atoms with E-state index in [4.69, 9.17) is 0 Å². The van der Waals surface area contributed by atoms with Crippen molar-refractivity contribution >= 4 is 44.2 Å². The Hall–Kier alpha value is -2.80. The number of rotatable bonds is 6. The van der Waals surface area contributed by atoms with Crippen LogP contribution in [-0.4, -0.2) is 79.6 Å². The molecule has 10 nitrogen and oxygen atoms in total. The summed E-state index contributed by atoms with van der Waals surface area (Å²) in [4.78, 5) is 43.7. The molecule has 1 aromatic carbocycles. The Morgan fingerprint density at radius 1 is 1.05 bits per heavy atom. The zero-order valence-corrected chi connectivity index (χ0v) is 27.7. The minimum Gasteiger partial charge on any atom is -0.331 e. The first-order valence-electron chi connectivity index (χ1n) is 14.8. The van der Waals surface area contributed by atoms with E-state index in [0.717, 1.165) is 36.2 Å². The van der Waals surface area contributed by atoms with Crippen molar-refractivity contribution in [1.29, 1.82) is 0 Å². The highest BCUT2D eigenvalue weighted by Gasteiger charge is 2.53. The molecule has 1 saturated carbocycles. The van der Waals surface area contributed by atoms with Crippen molar-refractivity contribution in [3.05, 3.63) is 45.8 Å². The van der Waals surface area contributed by atoms with Gasteiger partial charge in [-0.25, -0.2) is 13.2 Å². The number of urea groups is 1. The number of anilines is 1. The van der Waals surface area contributed by atoms with Crippen LogP contribution in [0.1, 0.15) is 85.0 Å². The highest BCUT2D eigenvalue weighted by molar-refractivity contribution is 7.89. The number of fused-ring (bicyclic) bond motifs is 3. The van der Waals surface area contributed by atoms with E-state index in [1.807, 2.05) is 0 Å².